The molecule has 1 aliphatic heterocycles. The molecule has 0 atom stereocenters. The number of amides is 1. The Morgan fingerprint density at radius 3 is 2.76 bits per heavy atom. The second kappa shape index (κ2) is 7.38. The molecule has 0 unspecified atom stereocenters. The highest BCUT2D eigenvalue weighted by Gasteiger charge is 2.20. The zero-order valence-electron chi connectivity index (χ0n) is 12.2. The first-order chi connectivity index (χ1) is 10.1. The van der Waals surface area contributed by atoms with Gasteiger partial charge in [-0.2, -0.15) is 0 Å². The number of nitrogens with one attached hydrogen (secondary N) is 2. The molecule has 5 nitrogen and oxygen atoms in total. The molecule has 1 saturated heterocycles. The molecule has 1 fully saturated rings. The Kier molecular flexibility index (Phi) is 5.52. The van der Waals surface area contributed by atoms with E-state index < -0.39 is 5.82 Å². The Balaban J connectivity index is 1.73. The van der Waals surface area contributed by atoms with Crippen LogP contribution in [0.2, 0.25) is 0 Å². The number of rotatable bonds is 5. The van der Waals surface area contributed by atoms with Crippen molar-refractivity contribution in [3.63, 3.8) is 0 Å². The van der Waals surface area contributed by atoms with Gasteiger partial charge in [0.25, 0.3) is 0 Å². The Morgan fingerprint density at radius 1 is 1.43 bits per heavy atom. The minimum atomic E-state index is -0.588. The minimum Gasteiger partial charge on any atom is -0.505 e. The SMILES string of the molecule is CNC(=O)CN1CCC(NCc2ccc(O)c(F)c2)CC1. The standard InChI is InChI=1S/C15H22FN3O2/c1-17-15(21)10-19-6-4-12(5-7-19)18-9-11-2-3-14(20)13(16)8-11/h2-3,8,12,18,20H,4-7,9-10H2,1H3,(H,17,21). The van der Waals surface area contributed by atoms with E-state index in [9.17, 15) is 9.18 Å². The fourth-order valence-corrected chi connectivity index (χ4v) is 2.50. The molecule has 0 bridgehead atoms. The van der Waals surface area contributed by atoms with Crippen LogP contribution < -0.4 is 10.6 Å². The number of likely N-dealkylation sites (tertiary alicyclic amines) is 1. The quantitative estimate of drug-likeness (QED) is 0.753. The molecule has 6 heteroatoms. The van der Waals surface area contributed by atoms with Gasteiger partial charge in [0.05, 0.1) is 6.54 Å². The fourth-order valence-electron chi connectivity index (χ4n) is 2.50. The highest BCUT2D eigenvalue weighted by atomic mass is 19.1. The van der Waals surface area contributed by atoms with Gasteiger partial charge < -0.3 is 15.7 Å². The van der Waals surface area contributed by atoms with Crippen molar-refractivity contribution in [2.45, 2.75) is 25.4 Å². The topological polar surface area (TPSA) is 64.6 Å². The minimum absolute atomic E-state index is 0.0426. The van der Waals surface area contributed by atoms with E-state index >= 15 is 0 Å². The van der Waals surface area contributed by atoms with E-state index in [1.54, 1.807) is 13.1 Å². The molecule has 1 aromatic rings. The summed E-state index contributed by atoms with van der Waals surface area (Å²) in [6.07, 6.45) is 1.94. The van der Waals surface area contributed by atoms with E-state index in [4.69, 9.17) is 5.11 Å². The maximum absolute atomic E-state index is 13.2. The van der Waals surface area contributed by atoms with Gasteiger partial charge in [-0.1, -0.05) is 6.07 Å². The van der Waals surface area contributed by atoms with Gasteiger partial charge in [-0.05, 0) is 30.5 Å². The average Bonchev–Trinajstić information content (AvgIpc) is 2.50. The van der Waals surface area contributed by atoms with Gasteiger partial charge in [-0.3, -0.25) is 9.69 Å². The van der Waals surface area contributed by atoms with Crippen LogP contribution in [0.3, 0.4) is 0 Å². The number of likely N-dealkylation sites (N-methyl/N-ethyl adjacent to an activating group) is 1. The van der Waals surface area contributed by atoms with Crippen LogP contribution in [0.15, 0.2) is 18.2 Å². The largest absolute Gasteiger partial charge is 0.505 e. The zero-order chi connectivity index (χ0) is 15.2. The molecule has 0 radical (unpaired) electrons. The number of phenols is 1. The number of hydrogen-bond donors (Lipinski definition) is 3. The Labute approximate surface area is 124 Å². The van der Waals surface area contributed by atoms with Crippen LogP contribution in [0.5, 0.6) is 5.75 Å². The van der Waals surface area contributed by atoms with Gasteiger partial charge >= 0.3 is 0 Å². The first kappa shape index (κ1) is 15.7. The third-order valence-electron chi connectivity index (χ3n) is 3.84. The average molecular weight is 295 g/mol. The van der Waals surface area contributed by atoms with Crippen LogP contribution in [-0.4, -0.2) is 48.6 Å². The van der Waals surface area contributed by atoms with Crippen LogP contribution in [0.25, 0.3) is 0 Å². The predicted molar refractivity (Wildman–Crippen MR) is 78.4 cm³/mol. The summed E-state index contributed by atoms with van der Waals surface area (Å²) in [5, 5.41) is 15.2. The Bertz CT molecular complexity index is 488. The normalized spacial score (nSPS) is 16.9. The molecule has 116 valence electrons. The van der Waals surface area contributed by atoms with Gasteiger partial charge in [0.1, 0.15) is 0 Å². The predicted octanol–water partition coefficient (Wildman–Crippen LogP) is 0.831. The van der Waals surface area contributed by atoms with Crippen molar-refractivity contribution in [3.8, 4) is 5.75 Å². The van der Waals surface area contributed by atoms with E-state index in [1.807, 2.05) is 0 Å². The number of carbonyl (C=O) groups is 1. The lowest BCUT2D eigenvalue weighted by Gasteiger charge is -2.31. The van der Waals surface area contributed by atoms with E-state index in [0.29, 0.717) is 19.1 Å². The number of piperidine rings is 1. The van der Waals surface area contributed by atoms with Crippen molar-refractivity contribution in [2.75, 3.05) is 26.7 Å². The van der Waals surface area contributed by atoms with Crippen LogP contribution in [-0.2, 0) is 11.3 Å². The molecular weight excluding hydrogens is 273 g/mol. The van der Waals surface area contributed by atoms with Crippen molar-refractivity contribution >= 4 is 5.91 Å². The second-order valence-electron chi connectivity index (χ2n) is 5.39. The van der Waals surface area contributed by atoms with E-state index in [2.05, 4.69) is 15.5 Å². The number of aromatic hydroxyl groups is 1. The molecule has 1 amide bonds. The maximum Gasteiger partial charge on any atom is 0.233 e. The van der Waals surface area contributed by atoms with Crippen molar-refractivity contribution in [1.82, 2.24) is 15.5 Å². The first-order valence-corrected chi connectivity index (χ1v) is 7.22. The highest BCUT2D eigenvalue weighted by molar-refractivity contribution is 5.77. The Hall–Kier alpha value is -1.66. The summed E-state index contributed by atoms with van der Waals surface area (Å²) in [6, 6.07) is 4.82. The Morgan fingerprint density at radius 2 is 2.14 bits per heavy atom. The van der Waals surface area contributed by atoms with Gasteiger partial charge in [0.2, 0.25) is 5.91 Å². The number of phenolic OH excluding ortho intramolecular Hbond substituents is 1. The number of halogens is 1. The number of carbonyl (C=O) groups excluding carboxylic acids is 1. The van der Waals surface area contributed by atoms with E-state index in [0.717, 1.165) is 31.5 Å². The monoisotopic (exact) mass is 295 g/mol. The lowest BCUT2D eigenvalue weighted by molar-refractivity contribution is -0.122. The van der Waals surface area contributed by atoms with Gasteiger partial charge in [0, 0.05) is 32.7 Å². The number of hydrogen-bond acceptors (Lipinski definition) is 4. The van der Waals surface area contributed by atoms with Crippen LogP contribution in [0.1, 0.15) is 18.4 Å². The zero-order valence-corrected chi connectivity index (χ0v) is 12.2. The van der Waals surface area contributed by atoms with Crippen molar-refractivity contribution in [3.05, 3.63) is 29.6 Å². The third-order valence-corrected chi connectivity index (χ3v) is 3.84. The molecule has 1 aromatic carbocycles. The van der Waals surface area contributed by atoms with Crippen molar-refractivity contribution in [1.29, 1.82) is 0 Å². The van der Waals surface area contributed by atoms with Crippen LogP contribution >= 0.6 is 0 Å². The molecule has 1 aliphatic rings. The van der Waals surface area contributed by atoms with Crippen LogP contribution in [0, 0.1) is 5.82 Å². The van der Waals surface area contributed by atoms with Gasteiger partial charge in [-0.15, -0.1) is 0 Å². The van der Waals surface area contributed by atoms with Gasteiger partial charge in [0.15, 0.2) is 11.6 Å². The van der Waals surface area contributed by atoms with E-state index in [1.165, 1.54) is 12.1 Å². The molecule has 0 aliphatic carbocycles. The molecule has 3 N–H and O–H groups in total. The lowest BCUT2D eigenvalue weighted by atomic mass is 10.0. The highest BCUT2D eigenvalue weighted by Crippen LogP contribution is 2.17. The maximum atomic E-state index is 13.2. The van der Waals surface area contributed by atoms with Crippen LogP contribution in [0.4, 0.5) is 4.39 Å². The lowest BCUT2D eigenvalue weighted by Crippen LogP contribution is -2.45. The summed E-state index contributed by atoms with van der Waals surface area (Å²) in [5.74, 6) is -0.864. The summed E-state index contributed by atoms with van der Waals surface area (Å²) < 4.78 is 13.2. The second-order valence-corrected chi connectivity index (χ2v) is 5.39. The molecule has 1 heterocycles. The first-order valence-electron chi connectivity index (χ1n) is 7.22. The fraction of sp³-hybridized carbons (Fsp3) is 0.533. The summed E-state index contributed by atoms with van der Waals surface area (Å²) >= 11 is 0. The molecule has 0 aromatic heterocycles. The molecule has 0 saturated carbocycles. The molecule has 2 rings (SSSR count). The van der Waals surface area contributed by atoms with Gasteiger partial charge in [-0.25, -0.2) is 4.39 Å². The number of benzene rings is 1. The third kappa shape index (κ3) is 4.68. The smallest absolute Gasteiger partial charge is 0.233 e. The molecule has 21 heavy (non-hydrogen) atoms. The summed E-state index contributed by atoms with van der Waals surface area (Å²) in [7, 11) is 1.65. The van der Waals surface area contributed by atoms with Crippen molar-refractivity contribution in [2.24, 2.45) is 0 Å². The van der Waals surface area contributed by atoms with E-state index in [-0.39, 0.29) is 11.7 Å². The van der Waals surface area contributed by atoms with Crippen molar-refractivity contribution < 1.29 is 14.3 Å². The number of nitrogens with zero attached hydrogens (tertiary/aromatic N) is 1. The summed E-state index contributed by atoms with van der Waals surface area (Å²) in [4.78, 5) is 13.4. The molecular formula is C15H22FN3O2. The molecule has 0 spiro atoms. The summed E-state index contributed by atoms with van der Waals surface area (Å²) in [5.41, 5.74) is 0.818. The summed E-state index contributed by atoms with van der Waals surface area (Å²) in [6.45, 7) is 2.80.